The summed E-state index contributed by atoms with van der Waals surface area (Å²) in [7, 11) is 0. The lowest BCUT2D eigenvalue weighted by atomic mass is 9.86. The predicted octanol–water partition coefficient (Wildman–Crippen LogP) is 8.46. The Hall–Kier alpha value is -1.41. The molecule has 152 valence electrons. The molecule has 3 rings (SSSR count). The van der Waals surface area contributed by atoms with E-state index in [1.165, 1.54) is 58.0 Å². The molecule has 0 fully saturated rings. The second-order valence-electron chi connectivity index (χ2n) is 10.2. The molecule has 0 amide bonds. The molecule has 1 nitrogen and oxygen atoms in total. The average Bonchev–Trinajstić information content (AvgIpc) is 2.62. The minimum atomic E-state index is 0.176. The number of unbranched alkanes of at least 4 members (excludes halogenated alkanes) is 3. The molecular formula is C26H37NS. The molecule has 1 heterocycles. The third-order valence-electron chi connectivity index (χ3n) is 5.69. The first-order valence-corrected chi connectivity index (χ1v) is 11.7. The number of benzene rings is 2. The zero-order valence-electron chi connectivity index (χ0n) is 18.9. The Morgan fingerprint density at radius 3 is 1.64 bits per heavy atom. The van der Waals surface area contributed by atoms with Crippen molar-refractivity contribution >= 4 is 23.1 Å². The van der Waals surface area contributed by atoms with Gasteiger partial charge in [-0.1, -0.05) is 91.6 Å². The minimum absolute atomic E-state index is 0.176. The maximum absolute atomic E-state index is 2.57. The summed E-state index contributed by atoms with van der Waals surface area (Å²) in [4.78, 5) is 5.37. The van der Waals surface area contributed by atoms with Gasteiger partial charge in [0.1, 0.15) is 0 Å². The van der Waals surface area contributed by atoms with Crippen molar-refractivity contribution in [2.75, 3.05) is 11.4 Å². The molecule has 0 radical (unpaired) electrons. The Morgan fingerprint density at radius 2 is 1.21 bits per heavy atom. The Kier molecular flexibility index (Phi) is 6.20. The fraction of sp³-hybridized carbons (Fsp3) is 0.538. The van der Waals surface area contributed by atoms with Gasteiger partial charge in [-0.15, -0.1) is 0 Å². The lowest BCUT2D eigenvalue weighted by Crippen LogP contribution is -2.23. The van der Waals surface area contributed by atoms with E-state index in [4.69, 9.17) is 0 Å². The maximum atomic E-state index is 2.57. The van der Waals surface area contributed by atoms with Crippen LogP contribution in [0.25, 0.3) is 0 Å². The van der Waals surface area contributed by atoms with Gasteiger partial charge in [0.25, 0.3) is 0 Å². The van der Waals surface area contributed by atoms with Gasteiger partial charge in [0.2, 0.25) is 0 Å². The largest absolute Gasteiger partial charge is 0.340 e. The minimum Gasteiger partial charge on any atom is -0.340 e. The number of fused-ring (bicyclic) bond motifs is 2. The second kappa shape index (κ2) is 8.14. The Bertz CT molecular complexity index is 760. The second-order valence-corrected chi connectivity index (χ2v) is 11.3. The fourth-order valence-corrected chi connectivity index (χ4v) is 4.93. The molecule has 1 aliphatic heterocycles. The molecule has 28 heavy (non-hydrogen) atoms. The van der Waals surface area contributed by atoms with E-state index in [1.54, 1.807) is 0 Å². The highest BCUT2D eigenvalue weighted by atomic mass is 32.2. The van der Waals surface area contributed by atoms with Gasteiger partial charge >= 0.3 is 0 Å². The number of anilines is 2. The molecule has 0 atom stereocenters. The lowest BCUT2D eigenvalue weighted by Gasteiger charge is -2.35. The summed E-state index contributed by atoms with van der Waals surface area (Å²) in [6.45, 7) is 17.2. The monoisotopic (exact) mass is 395 g/mol. The Balaban J connectivity index is 2.01. The predicted molar refractivity (Wildman–Crippen MR) is 126 cm³/mol. The first-order chi connectivity index (χ1) is 13.1. The molecule has 0 bridgehead atoms. The van der Waals surface area contributed by atoms with Gasteiger partial charge in [-0.25, -0.2) is 0 Å². The molecule has 0 N–H and O–H groups in total. The molecule has 0 spiro atoms. The Morgan fingerprint density at radius 1 is 0.714 bits per heavy atom. The van der Waals surface area contributed by atoms with Crippen LogP contribution in [0.4, 0.5) is 11.4 Å². The first-order valence-electron chi connectivity index (χ1n) is 10.9. The van der Waals surface area contributed by atoms with Gasteiger partial charge in [0.05, 0.1) is 11.4 Å². The van der Waals surface area contributed by atoms with E-state index >= 15 is 0 Å². The highest BCUT2D eigenvalue weighted by Gasteiger charge is 2.26. The van der Waals surface area contributed by atoms with Crippen LogP contribution in [0.1, 0.15) is 85.3 Å². The number of hydrogen-bond acceptors (Lipinski definition) is 2. The lowest BCUT2D eigenvalue weighted by molar-refractivity contribution is 0.587. The summed E-state index contributed by atoms with van der Waals surface area (Å²) < 4.78 is 0. The van der Waals surface area contributed by atoms with Crippen molar-refractivity contribution in [2.45, 2.75) is 94.8 Å². The summed E-state index contributed by atoms with van der Waals surface area (Å²) in [6, 6.07) is 14.2. The number of nitrogens with zero attached hydrogens (tertiary/aromatic N) is 1. The van der Waals surface area contributed by atoms with Crippen molar-refractivity contribution in [1.82, 2.24) is 0 Å². The van der Waals surface area contributed by atoms with Crippen molar-refractivity contribution in [3.8, 4) is 0 Å². The third-order valence-corrected chi connectivity index (χ3v) is 6.78. The van der Waals surface area contributed by atoms with Crippen LogP contribution < -0.4 is 4.90 Å². The van der Waals surface area contributed by atoms with Gasteiger partial charge in [0, 0.05) is 16.3 Å². The molecule has 2 aromatic carbocycles. The van der Waals surface area contributed by atoms with Crippen LogP contribution >= 0.6 is 11.8 Å². The highest BCUT2D eigenvalue weighted by molar-refractivity contribution is 7.99. The smallest absolute Gasteiger partial charge is 0.0553 e. The van der Waals surface area contributed by atoms with Crippen LogP contribution in [-0.4, -0.2) is 6.54 Å². The summed E-state index contributed by atoms with van der Waals surface area (Å²) >= 11 is 1.95. The Labute approximate surface area is 176 Å². The molecule has 2 heteroatoms. The average molecular weight is 396 g/mol. The van der Waals surface area contributed by atoms with E-state index in [0.29, 0.717) is 0 Å². The normalized spacial score (nSPS) is 14.0. The highest BCUT2D eigenvalue weighted by Crippen LogP contribution is 2.50. The van der Waals surface area contributed by atoms with Crippen molar-refractivity contribution in [3.63, 3.8) is 0 Å². The van der Waals surface area contributed by atoms with Gasteiger partial charge in [-0.05, 0) is 52.6 Å². The third kappa shape index (κ3) is 4.59. The topological polar surface area (TPSA) is 3.24 Å². The van der Waals surface area contributed by atoms with Gasteiger partial charge in [0.15, 0.2) is 0 Å². The van der Waals surface area contributed by atoms with E-state index in [2.05, 4.69) is 89.8 Å². The molecule has 0 unspecified atom stereocenters. The van der Waals surface area contributed by atoms with Crippen LogP contribution in [0.3, 0.4) is 0 Å². The van der Waals surface area contributed by atoms with E-state index in [1.807, 2.05) is 11.8 Å². The summed E-state index contributed by atoms with van der Waals surface area (Å²) in [5, 5.41) is 0. The van der Waals surface area contributed by atoms with Crippen molar-refractivity contribution in [1.29, 1.82) is 0 Å². The van der Waals surface area contributed by atoms with E-state index in [-0.39, 0.29) is 10.8 Å². The van der Waals surface area contributed by atoms with Crippen LogP contribution in [-0.2, 0) is 10.8 Å². The number of rotatable bonds is 5. The molecule has 0 aliphatic carbocycles. The molecule has 0 aromatic heterocycles. The van der Waals surface area contributed by atoms with E-state index in [9.17, 15) is 0 Å². The van der Waals surface area contributed by atoms with Crippen LogP contribution in [0.5, 0.6) is 0 Å². The van der Waals surface area contributed by atoms with Crippen molar-refractivity contribution in [2.24, 2.45) is 0 Å². The molecule has 0 saturated carbocycles. The van der Waals surface area contributed by atoms with Gasteiger partial charge < -0.3 is 4.90 Å². The van der Waals surface area contributed by atoms with E-state index in [0.717, 1.165) is 6.54 Å². The van der Waals surface area contributed by atoms with E-state index < -0.39 is 0 Å². The number of hydrogen-bond donors (Lipinski definition) is 0. The van der Waals surface area contributed by atoms with Crippen LogP contribution in [0.2, 0.25) is 0 Å². The van der Waals surface area contributed by atoms with Crippen molar-refractivity contribution in [3.05, 3.63) is 47.5 Å². The van der Waals surface area contributed by atoms with Crippen LogP contribution in [0.15, 0.2) is 46.2 Å². The molecule has 0 saturated heterocycles. The first kappa shape index (κ1) is 21.3. The summed E-state index contributed by atoms with van der Waals surface area (Å²) in [5.74, 6) is 0. The zero-order chi connectivity index (χ0) is 20.5. The van der Waals surface area contributed by atoms with Crippen molar-refractivity contribution < 1.29 is 0 Å². The fourth-order valence-electron chi connectivity index (χ4n) is 3.76. The standard InChI is InChI=1S/C26H37NS/c1-8-9-10-11-16-27-21-14-12-19(25(2,3)4)17-23(21)28-24-18-20(26(5,6)7)13-15-22(24)27/h12-15,17-18H,8-11,16H2,1-7H3. The zero-order valence-corrected chi connectivity index (χ0v) is 19.7. The quantitative estimate of drug-likeness (QED) is 0.467. The summed E-state index contributed by atoms with van der Waals surface area (Å²) in [6.07, 6.45) is 5.17. The van der Waals surface area contributed by atoms with Crippen LogP contribution in [0, 0.1) is 0 Å². The van der Waals surface area contributed by atoms with Gasteiger partial charge in [-0.3, -0.25) is 0 Å². The summed E-state index contributed by atoms with van der Waals surface area (Å²) in [5.41, 5.74) is 5.95. The SMILES string of the molecule is CCCCCCN1c2ccc(C(C)(C)C)cc2Sc2cc(C(C)(C)C)ccc21. The molecule has 2 aromatic rings. The molecule has 1 aliphatic rings. The van der Waals surface area contributed by atoms with Gasteiger partial charge in [-0.2, -0.15) is 0 Å². The molecular weight excluding hydrogens is 358 g/mol. The maximum Gasteiger partial charge on any atom is 0.0553 e.